The molecule has 3 aromatic carbocycles. The van der Waals surface area contributed by atoms with Crippen LogP contribution in [0, 0.1) is 24.5 Å². The number of anilines is 1. The molecule has 0 spiro atoms. The van der Waals surface area contributed by atoms with Gasteiger partial charge in [0.25, 0.3) is 0 Å². The Morgan fingerprint density at radius 3 is 2.56 bits per heavy atom. The van der Waals surface area contributed by atoms with Gasteiger partial charge in [-0.3, -0.25) is 0 Å². The number of piperidine rings is 1. The zero-order chi connectivity index (χ0) is 31.6. The first-order valence-corrected chi connectivity index (χ1v) is 16.6. The second kappa shape index (κ2) is 12.9. The minimum absolute atomic E-state index is 0.00651. The average Bonchev–Trinajstić information content (AvgIpc) is 3.01. The van der Waals surface area contributed by atoms with Crippen LogP contribution in [-0.4, -0.2) is 42.5 Å². The van der Waals surface area contributed by atoms with Crippen LogP contribution in [0.15, 0.2) is 79.1 Å². The monoisotopic (exact) mass is 629 g/mol. The van der Waals surface area contributed by atoms with Gasteiger partial charge in [-0.2, -0.15) is 0 Å². The zero-order valence-electron chi connectivity index (χ0n) is 24.9. The topological polar surface area (TPSA) is 106 Å². The van der Waals surface area contributed by atoms with E-state index in [1.54, 1.807) is 48.8 Å². The summed E-state index contributed by atoms with van der Waals surface area (Å²) in [5.41, 5.74) is 2.01. The van der Waals surface area contributed by atoms with Crippen molar-refractivity contribution in [1.82, 2.24) is 20.3 Å². The van der Waals surface area contributed by atoms with E-state index >= 15 is 4.39 Å². The van der Waals surface area contributed by atoms with Crippen molar-refractivity contribution in [3.05, 3.63) is 107 Å². The van der Waals surface area contributed by atoms with Gasteiger partial charge in [-0.05, 0) is 73.2 Å². The summed E-state index contributed by atoms with van der Waals surface area (Å²) in [6, 6.07) is 17.5. The number of hydrogen-bond donors (Lipinski definition) is 2. The summed E-state index contributed by atoms with van der Waals surface area (Å²) < 4.78 is 62.1. The quantitative estimate of drug-likeness (QED) is 0.188. The van der Waals surface area contributed by atoms with Crippen molar-refractivity contribution in [2.75, 3.05) is 18.4 Å². The number of halogens is 2. The Hall–Kier alpha value is -4.48. The molecule has 1 saturated heterocycles. The van der Waals surface area contributed by atoms with Crippen molar-refractivity contribution >= 4 is 26.6 Å². The molecule has 11 heteroatoms. The summed E-state index contributed by atoms with van der Waals surface area (Å²) in [7, 11) is -3.92. The molecule has 5 aromatic rings. The van der Waals surface area contributed by atoms with Crippen LogP contribution in [0.4, 0.5) is 14.7 Å². The lowest BCUT2D eigenvalue weighted by Gasteiger charge is -2.28. The second-order valence-corrected chi connectivity index (χ2v) is 13.6. The first kappa shape index (κ1) is 30.5. The molecule has 45 heavy (non-hydrogen) atoms. The van der Waals surface area contributed by atoms with Crippen molar-refractivity contribution in [2.24, 2.45) is 5.92 Å². The maximum atomic E-state index is 15.2. The van der Waals surface area contributed by atoms with Gasteiger partial charge < -0.3 is 15.4 Å². The number of ether oxygens (including phenoxy) is 1. The van der Waals surface area contributed by atoms with Gasteiger partial charge in [-0.1, -0.05) is 37.3 Å². The maximum Gasteiger partial charge on any atom is 0.228 e. The Bertz CT molecular complexity index is 1970. The molecular weight excluding hydrogens is 596 g/mol. The Kier molecular flexibility index (Phi) is 8.73. The van der Waals surface area contributed by atoms with E-state index in [-0.39, 0.29) is 23.0 Å². The molecule has 3 heterocycles. The molecule has 1 fully saturated rings. The lowest BCUT2D eigenvalue weighted by atomic mass is 9.98. The molecule has 2 N–H and O–H groups in total. The molecule has 1 unspecified atom stereocenters. The smallest absolute Gasteiger partial charge is 0.228 e. The minimum Gasteiger partial charge on any atom is -0.437 e. The first-order valence-electron chi connectivity index (χ1n) is 14.7. The van der Waals surface area contributed by atoms with E-state index in [1.165, 1.54) is 24.3 Å². The lowest BCUT2D eigenvalue weighted by molar-refractivity contribution is 0.377. The lowest BCUT2D eigenvalue weighted by Crippen LogP contribution is -2.42. The average molecular weight is 630 g/mol. The Balaban J connectivity index is 1.32. The predicted molar refractivity (Wildman–Crippen MR) is 171 cm³/mol. The van der Waals surface area contributed by atoms with Gasteiger partial charge in [0.2, 0.25) is 11.8 Å². The third-order valence-electron chi connectivity index (χ3n) is 7.91. The third-order valence-corrected chi connectivity index (χ3v) is 9.38. The Morgan fingerprint density at radius 2 is 1.73 bits per heavy atom. The van der Waals surface area contributed by atoms with Crippen LogP contribution in [-0.2, 0) is 21.3 Å². The third kappa shape index (κ3) is 6.94. The van der Waals surface area contributed by atoms with Crippen molar-refractivity contribution < 1.29 is 21.9 Å². The number of rotatable bonds is 9. The summed E-state index contributed by atoms with van der Waals surface area (Å²) in [4.78, 5) is 13.6. The highest BCUT2D eigenvalue weighted by molar-refractivity contribution is 7.89. The zero-order valence-corrected chi connectivity index (χ0v) is 25.7. The van der Waals surface area contributed by atoms with E-state index in [2.05, 4.69) is 27.5 Å². The van der Waals surface area contributed by atoms with Crippen LogP contribution in [0.1, 0.15) is 30.0 Å². The highest BCUT2D eigenvalue weighted by Crippen LogP contribution is 2.38. The first-order chi connectivity index (χ1) is 21.7. The molecule has 0 saturated carbocycles. The molecule has 2 atom stereocenters. The van der Waals surface area contributed by atoms with Gasteiger partial charge in [0.05, 0.1) is 22.8 Å². The molecule has 2 aromatic heterocycles. The number of nitrogens with one attached hydrogen (secondary N) is 2. The molecule has 0 radical (unpaired) electrons. The van der Waals surface area contributed by atoms with Crippen molar-refractivity contribution in [2.45, 2.75) is 37.8 Å². The van der Waals surface area contributed by atoms with Crippen LogP contribution < -0.4 is 15.4 Å². The summed E-state index contributed by atoms with van der Waals surface area (Å²) >= 11 is 0. The number of fused-ring (bicyclic) bond motifs is 1. The number of nitrogens with zero attached hydrogens (tertiary/aromatic N) is 3. The second-order valence-electron chi connectivity index (χ2n) is 11.5. The fourth-order valence-electron chi connectivity index (χ4n) is 5.72. The largest absolute Gasteiger partial charge is 0.437 e. The number of aryl methyl sites for hydroxylation is 1. The summed E-state index contributed by atoms with van der Waals surface area (Å²) in [6.45, 7) is 5.86. The standard InChI is InChI=1S/C34H33F2N5O3S/c1-21-16-24(18-37-17-21)40-34-39-15-13-31(41-34)27-7-5-14-38-33(27)44-32-22(2)9-10-25-26(32)11-12-30(36)28(25)20-45(42,43)19-23-6-3-4-8-29(23)35/h3-15,21,24,37H,16-20H2,1-2H3,(H,39,40,41)/t21-,24?/m1/s1. The van der Waals surface area contributed by atoms with Crippen LogP contribution in [0.2, 0.25) is 0 Å². The van der Waals surface area contributed by atoms with E-state index in [1.807, 2.05) is 13.0 Å². The molecule has 6 rings (SSSR count). The minimum atomic E-state index is -3.92. The molecule has 1 aliphatic rings. The van der Waals surface area contributed by atoms with Crippen LogP contribution in [0.3, 0.4) is 0 Å². The van der Waals surface area contributed by atoms with Gasteiger partial charge in [0.15, 0.2) is 9.84 Å². The van der Waals surface area contributed by atoms with E-state index in [9.17, 15) is 12.8 Å². The van der Waals surface area contributed by atoms with E-state index in [4.69, 9.17) is 9.72 Å². The molecule has 0 aliphatic carbocycles. The van der Waals surface area contributed by atoms with Crippen LogP contribution >= 0.6 is 0 Å². The van der Waals surface area contributed by atoms with Crippen molar-refractivity contribution in [1.29, 1.82) is 0 Å². The fraction of sp³-hybridized carbons (Fsp3) is 0.265. The number of sulfone groups is 1. The summed E-state index contributed by atoms with van der Waals surface area (Å²) in [5, 5.41) is 7.75. The number of aromatic nitrogens is 3. The molecule has 1 aliphatic heterocycles. The van der Waals surface area contributed by atoms with Gasteiger partial charge in [-0.15, -0.1) is 0 Å². The van der Waals surface area contributed by atoms with Crippen LogP contribution in [0.25, 0.3) is 22.0 Å². The molecule has 0 bridgehead atoms. The van der Waals surface area contributed by atoms with Gasteiger partial charge in [0.1, 0.15) is 17.4 Å². The Morgan fingerprint density at radius 1 is 0.911 bits per heavy atom. The molecule has 8 nitrogen and oxygen atoms in total. The van der Waals surface area contributed by atoms with E-state index in [0.717, 1.165) is 25.1 Å². The van der Waals surface area contributed by atoms with Crippen LogP contribution in [0.5, 0.6) is 11.6 Å². The van der Waals surface area contributed by atoms with Crippen molar-refractivity contribution in [3.8, 4) is 22.9 Å². The number of benzene rings is 3. The number of pyridine rings is 1. The van der Waals surface area contributed by atoms with E-state index in [0.29, 0.717) is 39.6 Å². The van der Waals surface area contributed by atoms with Gasteiger partial charge in [-0.25, -0.2) is 32.2 Å². The molecule has 232 valence electrons. The number of hydrogen-bond acceptors (Lipinski definition) is 8. The van der Waals surface area contributed by atoms with Gasteiger partial charge in [0, 0.05) is 41.5 Å². The highest BCUT2D eigenvalue weighted by atomic mass is 32.2. The molecular formula is C34H33F2N5O3S. The summed E-state index contributed by atoms with van der Waals surface area (Å²) in [6.07, 6.45) is 4.30. The SMILES string of the molecule is Cc1ccc2c(CS(=O)(=O)Cc3ccccc3F)c(F)ccc2c1Oc1ncccc1-c1ccnc(NC2CNC[C@H](C)C2)n1. The maximum absolute atomic E-state index is 15.2. The van der Waals surface area contributed by atoms with Gasteiger partial charge >= 0.3 is 0 Å². The van der Waals surface area contributed by atoms with E-state index < -0.39 is 33.0 Å². The highest BCUT2D eigenvalue weighted by Gasteiger charge is 2.23. The fourth-order valence-corrected chi connectivity index (χ4v) is 7.26. The predicted octanol–water partition coefficient (Wildman–Crippen LogP) is 6.60. The molecule has 0 amide bonds. The Labute approximate surface area is 260 Å². The van der Waals surface area contributed by atoms with Crippen molar-refractivity contribution in [3.63, 3.8) is 0 Å². The normalized spacial score (nSPS) is 16.9. The summed E-state index contributed by atoms with van der Waals surface area (Å²) in [5.74, 6) is -0.703.